The quantitative estimate of drug-likeness (QED) is 0.342. The number of benzene rings is 3. The molecule has 0 heterocycles. The topological polar surface area (TPSA) is 44.8 Å². The first-order valence-corrected chi connectivity index (χ1v) is 9.65. The molecule has 0 saturated carbocycles. The van der Waals surface area contributed by atoms with Crippen LogP contribution in [-0.4, -0.2) is 27.0 Å². The van der Waals surface area contributed by atoms with E-state index in [-0.39, 0.29) is 23.7 Å². The summed E-state index contributed by atoms with van der Waals surface area (Å²) in [6.45, 7) is 0.213. The molecule has 0 N–H and O–H groups in total. The van der Waals surface area contributed by atoms with Crippen LogP contribution in [0.5, 0.6) is 5.75 Å². The lowest BCUT2D eigenvalue weighted by molar-refractivity contribution is 0.0511. The summed E-state index contributed by atoms with van der Waals surface area (Å²) in [6.07, 6.45) is 0. The zero-order valence-electron chi connectivity index (χ0n) is 15.3. The predicted molar refractivity (Wildman–Crippen MR) is 105 cm³/mol. The number of esters is 1. The fraction of sp³-hybridized carbons (Fsp3) is 0.136. The van der Waals surface area contributed by atoms with E-state index in [0.29, 0.717) is 5.56 Å². The van der Waals surface area contributed by atoms with E-state index in [1.165, 1.54) is 12.0 Å². The van der Waals surface area contributed by atoms with Gasteiger partial charge in [-0.3, -0.25) is 0 Å². The van der Waals surface area contributed by atoms with Crippen molar-refractivity contribution < 1.29 is 19.0 Å². The molecule has 3 rings (SSSR count). The van der Waals surface area contributed by atoms with Crippen LogP contribution in [0.2, 0.25) is 0 Å². The fourth-order valence-corrected chi connectivity index (χ4v) is 4.75. The third-order valence-corrected chi connectivity index (χ3v) is 6.09. The minimum atomic E-state index is -0.352. The van der Waals surface area contributed by atoms with Gasteiger partial charge < -0.3 is 14.2 Å². The molecule has 5 heteroatoms. The maximum atomic E-state index is 12.0. The van der Waals surface area contributed by atoms with Crippen LogP contribution in [-0.2, 0) is 20.4 Å². The van der Waals surface area contributed by atoms with E-state index in [1.807, 2.05) is 60.7 Å². The summed E-state index contributed by atoms with van der Waals surface area (Å²) >= 11 is 0. The Morgan fingerprint density at radius 2 is 1.48 bits per heavy atom. The summed E-state index contributed by atoms with van der Waals surface area (Å²) in [5, 5.41) is 0. The van der Waals surface area contributed by atoms with Crippen molar-refractivity contribution in [2.75, 3.05) is 21.0 Å². The zero-order chi connectivity index (χ0) is 19.1. The Labute approximate surface area is 162 Å². The highest BCUT2D eigenvalue weighted by Gasteiger charge is 2.29. The van der Waals surface area contributed by atoms with Crippen molar-refractivity contribution in [1.82, 2.24) is 0 Å². The van der Waals surface area contributed by atoms with Crippen molar-refractivity contribution in [2.24, 2.45) is 0 Å². The number of hydrogen-bond donors (Lipinski definition) is 0. The normalized spacial score (nSPS) is 11.6. The molecule has 1 atom stereocenters. The molecule has 0 bridgehead atoms. The maximum absolute atomic E-state index is 12.0. The maximum Gasteiger partial charge on any atom is 0.338 e. The summed E-state index contributed by atoms with van der Waals surface area (Å²) in [4.78, 5) is 15.3. The second-order valence-corrected chi connectivity index (χ2v) is 7.69. The summed E-state index contributed by atoms with van der Waals surface area (Å²) in [6, 6.07) is 25.8. The van der Waals surface area contributed by atoms with E-state index in [1.54, 1.807) is 13.2 Å². The van der Waals surface area contributed by atoms with E-state index in [4.69, 9.17) is 14.2 Å². The van der Waals surface area contributed by atoms with E-state index < -0.39 is 0 Å². The Kier molecular flexibility index (Phi) is 6.52. The molecule has 3 aromatic rings. The Bertz CT molecular complexity index is 878. The molecule has 138 valence electrons. The van der Waals surface area contributed by atoms with Gasteiger partial charge in [-0.25, -0.2) is 4.79 Å². The monoisotopic (exact) mass is 381 g/mol. The Morgan fingerprint density at radius 1 is 0.815 bits per heavy atom. The highest BCUT2D eigenvalue weighted by molar-refractivity contribution is 7.97. The molecular weight excluding hydrogens is 360 g/mol. The molecule has 0 aliphatic heterocycles. The lowest BCUT2D eigenvalue weighted by atomic mass is 10.2. The number of rotatable bonds is 7. The third kappa shape index (κ3) is 4.70. The molecule has 3 aromatic carbocycles. The van der Waals surface area contributed by atoms with Crippen LogP contribution < -0.4 is 4.74 Å². The highest BCUT2D eigenvalue weighted by Crippen LogP contribution is 2.32. The van der Waals surface area contributed by atoms with Gasteiger partial charge in [0.15, 0.2) is 21.5 Å². The SMILES string of the molecule is COCOc1ccc([S+](c2ccccc2)c2cccc(C(=O)OC)c2)cc1. The van der Waals surface area contributed by atoms with Crippen molar-refractivity contribution in [2.45, 2.75) is 14.7 Å². The molecule has 0 spiro atoms. The molecule has 4 nitrogen and oxygen atoms in total. The van der Waals surface area contributed by atoms with E-state index >= 15 is 0 Å². The molecule has 0 aliphatic rings. The summed E-state index contributed by atoms with van der Waals surface area (Å²) in [5.41, 5.74) is 0.545. The van der Waals surface area contributed by atoms with Crippen molar-refractivity contribution >= 4 is 16.9 Å². The van der Waals surface area contributed by atoms with Crippen molar-refractivity contribution in [1.29, 1.82) is 0 Å². The van der Waals surface area contributed by atoms with Crippen LogP contribution in [0.4, 0.5) is 0 Å². The van der Waals surface area contributed by atoms with Crippen LogP contribution >= 0.6 is 0 Å². The summed E-state index contributed by atoms with van der Waals surface area (Å²) in [5.74, 6) is 0.414. The largest absolute Gasteiger partial charge is 0.468 e. The van der Waals surface area contributed by atoms with Crippen molar-refractivity contribution in [3.8, 4) is 5.75 Å². The fourth-order valence-electron chi connectivity index (χ4n) is 2.63. The van der Waals surface area contributed by atoms with Crippen LogP contribution in [0.15, 0.2) is 93.5 Å². The second kappa shape index (κ2) is 9.26. The molecule has 0 saturated heterocycles. The van der Waals surface area contributed by atoms with Gasteiger partial charge >= 0.3 is 5.97 Å². The Morgan fingerprint density at radius 3 is 2.15 bits per heavy atom. The van der Waals surface area contributed by atoms with Crippen LogP contribution in [0.3, 0.4) is 0 Å². The van der Waals surface area contributed by atoms with Crippen LogP contribution in [0.25, 0.3) is 0 Å². The first-order valence-electron chi connectivity index (χ1n) is 8.42. The number of carbonyl (C=O) groups is 1. The van der Waals surface area contributed by atoms with Gasteiger partial charge in [-0.1, -0.05) is 24.3 Å². The molecule has 1 unspecified atom stereocenters. The molecule has 0 aromatic heterocycles. The predicted octanol–water partition coefficient (Wildman–Crippen LogP) is 4.55. The number of hydrogen-bond acceptors (Lipinski definition) is 4. The highest BCUT2D eigenvalue weighted by atomic mass is 32.2. The van der Waals surface area contributed by atoms with Gasteiger partial charge in [0.05, 0.1) is 23.6 Å². The van der Waals surface area contributed by atoms with Crippen molar-refractivity contribution in [3.05, 3.63) is 84.4 Å². The number of methoxy groups -OCH3 is 2. The van der Waals surface area contributed by atoms with Crippen LogP contribution in [0, 0.1) is 0 Å². The minimum absolute atomic E-state index is 0.213. The first kappa shape index (κ1) is 19.0. The standard InChI is InChI=1S/C22H21O4S/c1-24-16-26-18-11-13-20(14-12-18)27(19-8-4-3-5-9-19)21-10-6-7-17(15-21)22(23)25-2/h3-15H,16H2,1-2H3/q+1. The first-order chi connectivity index (χ1) is 13.2. The van der Waals surface area contributed by atoms with Gasteiger partial charge in [-0.05, 0) is 48.5 Å². The molecule has 0 fully saturated rings. The lowest BCUT2D eigenvalue weighted by Crippen LogP contribution is -2.08. The van der Waals surface area contributed by atoms with Gasteiger partial charge in [-0.2, -0.15) is 0 Å². The van der Waals surface area contributed by atoms with E-state index in [0.717, 1.165) is 15.5 Å². The number of ether oxygens (including phenoxy) is 3. The smallest absolute Gasteiger partial charge is 0.338 e. The average Bonchev–Trinajstić information content (AvgIpc) is 2.74. The van der Waals surface area contributed by atoms with Crippen LogP contribution in [0.1, 0.15) is 10.4 Å². The molecule has 0 aliphatic carbocycles. The van der Waals surface area contributed by atoms with Gasteiger partial charge in [0.1, 0.15) is 5.75 Å². The average molecular weight is 381 g/mol. The summed E-state index contributed by atoms with van der Waals surface area (Å²) < 4.78 is 15.3. The lowest BCUT2D eigenvalue weighted by Gasteiger charge is -2.10. The Hall–Kier alpha value is -2.76. The van der Waals surface area contributed by atoms with Gasteiger partial charge in [0.25, 0.3) is 0 Å². The molecule has 0 radical (unpaired) electrons. The number of carbonyl (C=O) groups excluding carboxylic acids is 1. The van der Waals surface area contributed by atoms with Gasteiger partial charge in [0.2, 0.25) is 0 Å². The third-order valence-electron chi connectivity index (χ3n) is 3.87. The van der Waals surface area contributed by atoms with Gasteiger partial charge in [-0.15, -0.1) is 0 Å². The van der Waals surface area contributed by atoms with E-state index in [2.05, 4.69) is 12.1 Å². The second-order valence-electron chi connectivity index (χ2n) is 5.66. The summed E-state index contributed by atoms with van der Waals surface area (Å²) in [7, 11) is 2.63. The molecule has 0 amide bonds. The molecular formula is C22H21O4S+. The molecule has 27 heavy (non-hydrogen) atoms. The van der Waals surface area contributed by atoms with Crippen molar-refractivity contribution in [3.63, 3.8) is 0 Å². The van der Waals surface area contributed by atoms with E-state index in [9.17, 15) is 4.79 Å². The minimum Gasteiger partial charge on any atom is -0.468 e. The van der Waals surface area contributed by atoms with Gasteiger partial charge in [0, 0.05) is 13.2 Å². The Balaban J connectivity index is 2.01. The zero-order valence-corrected chi connectivity index (χ0v) is 16.1.